The number of nitrogen functional groups attached to an aromatic ring is 1. The third kappa shape index (κ3) is 1.96. The van der Waals surface area contributed by atoms with Gasteiger partial charge in [0.2, 0.25) is 0 Å². The molecule has 0 saturated carbocycles. The molecule has 0 saturated heterocycles. The molecule has 3 aromatic rings. The van der Waals surface area contributed by atoms with E-state index >= 15 is 0 Å². The van der Waals surface area contributed by atoms with Crippen molar-refractivity contribution < 1.29 is 0 Å². The standard InChI is InChI=1S/C14H11ClN2S/c1-8-2-5-12-13(6-8)18-14(17-12)10-4-3-9(16)7-11(10)15/h2-7H,16H2,1H3. The molecular formula is C14H11ClN2S. The first-order valence-corrected chi connectivity index (χ1v) is 6.75. The zero-order valence-electron chi connectivity index (χ0n) is 9.77. The lowest BCUT2D eigenvalue weighted by molar-refractivity contribution is 1.45. The van der Waals surface area contributed by atoms with Gasteiger partial charge in [0.25, 0.3) is 0 Å². The Labute approximate surface area is 114 Å². The van der Waals surface area contributed by atoms with Crippen LogP contribution in [-0.4, -0.2) is 4.98 Å². The van der Waals surface area contributed by atoms with Gasteiger partial charge in [-0.2, -0.15) is 0 Å². The van der Waals surface area contributed by atoms with E-state index < -0.39 is 0 Å². The molecule has 2 aromatic carbocycles. The van der Waals surface area contributed by atoms with E-state index in [-0.39, 0.29) is 0 Å². The number of hydrogen-bond acceptors (Lipinski definition) is 3. The molecule has 0 spiro atoms. The van der Waals surface area contributed by atoms with E-state index in [0.717, 1.165) is 16.1 Å². The minimum absolute atomic E-state index is 0.644. The van der Waals surface area contributed by atoms with Gasteiger partial charge in [0.1, 0.15) is 5.01 Å². The number of thiazole rings is 1. The molecule has 1 heterocycles. The molecule has 2 N–H and O–H groups in total. The topological polar surface area (TPSA) is 38.9 Å². The second-order valence-electron chi connectivity index (χ2n) is 4.23. The number of hydrogen-bond donors (Lipinski definition) is 1. The maximum atomic E-state index is 6.21. The fourth-order valence-electron chi connectivity index (χ4n) is 1.85. The van der Waals surface area contributed by atoms with Gasteiger partial charge < -0.3 is 5.73 Å². The number of halogens is 1. The Kier molecular flexibility index (Phi) is 2.73. The summed E-state index contributed by atoms with van der Waals surface area (Å²) in [5.41, 5.74) is 9.55. The number of anilines is 1. The van der Waals surface area contributed by atoms with E-state index in [4.69, 9.17) is 17.3 Å². The number of aromatic nitrogens is 1. The molecule has 0 aliphatic carbocycles. The van der Waals surface area contributed by atoms with Crippen molar-refractivity contribution in [2.24, 2.45) is 0 Å². The van der Waals surface area contributed by atoms with Gasteiger partial charge in [-0.05, 0) is 42.8 Å². The molecule has 0 fully saturated rings. The average molecular weight is 275 g/mol. The van der Waals surface area contributed by atoms with E-state index in [9.17, 15) is 0 Å². The van der Waals surface area contributed by atoms with E-state index in [1.54, 1.807) is 17.4 Å². The van der Waals surface area contributed by atoms with Crippen molar-refractivity contribution >= 4 is 38.8 Å². The molecule has 0 aliphatic heterocycles. The van der Waals surface area contributed by atoms with Crippen LogP contribution in [0.1, 0.15) is 5.56 Å². The monoisotopic (exact) mass is 274 g/mol. The molecular weight excluding hydrogens is 264 g/mol. The fraction of sp³-hybridized carbons (Fsp3) is 0.0714. The van der Waals surface area contributed by atoms with Crippen LogP contribution in [0.15, 0.2) is 36.4 Å². The number of rotatable bonds is 1. The summed E-state index contributed by atoms with van der Waals surface area (Å²) in [5.74, 6) is 0. The molecule has 90 valence electrons. The van der Waals surface area contributed by atoms with Crippen molar-refractivity contribution in [3.63, 3.8) is 0 Å². The maximum absolute atomic E-state index is 6.21. The Bertz CT molecular complexity index is 734. The van der Waals surface area contributed by atoms with Crippen LogP contribution in [0.5, 0.6) is 0 Å². The molecule has 18 heavy (non-hydrogen) atoms. The van der Waals surface area contributed by atoms with Crippen molar-refractivity contribution in [1.29, 1.82) is 0 Å². The summed E-state index contributed by atoms with van der Waals surface area (Å²) in [6, 6.07) is 11.8. The van der Waals surface area contributed by atoms with Crippen LogP contribution in [0.4, 0.5) is 5.69 Å². The Morgan fingerprint density at radius 1 is 1.17 bits per heavy atom. The van der Waals surface area contributed by atoms with Crippen LogP contribution in [0.25, 0.3) is 20.8 Å². The van der Waals surface area contributed by atoms with Crippen molar-refractivity contribution in [3.05, 3.63) is 47.0 Å². The van der Waals surface area contributed by atoms with E-state index in [2.05, 4.69) is 24.0 Å². The first-order valence-electron chi connectivity index (χ1n) is 5.56. The molecule has 0 amide bonds. The van der Waals surface area contributed by atoms with E-state index in [1.807, 2.05) is 18.2 Å². The second kappa shape index (κ2) is 4.26. The van der Waals surface area contributed by atoms with Crippen LogP contribution in [0.3, 0.4) is 0 Å². The molecule has 0 aliphatic rings. The van der Waals surface area contributed by atoms with Gasteiger partial charge in [0, 0.05) is 11.3 Å². The van der Waals surface area contributed by atoms with Gasteiger partial charge in [-0.25, -0.2) is 4.98 Å². The van der Waals surface area contributed by atoms with Gasteiger partial charge >= 0.3 is 0 Å². The Morgan fingerprint density at radius 3 is 2.78 bits per heavy atom. The molecule has 4 heteroatoms. The lowest BCUT2D eigenvalue weighted by Crippen LogP contribution is -1.85. The smallest absolute Gasteiger partial charge is 0.126 e. The van der Waals surface area contributed by atoms with Crippen molar-refractivity contribution in [1.82, 2.24) is 4.98 Å². The van der Waals surface area contributed by atoms with Crippen LogP contribution in [0, 0.1) is 6.92 Å². The summed E-state index contributed by atoms with van der Waals surface area (Å²) in [6.45, 7) is 2.08. The highest BCUT2D eigenvalue weighted by Crippen LogP contribution is 2.35. The van der Waals surface area contributed by atoms with Gasteiger partial charge in [-0.15, -0.1) is 11.3 Å². The molecule has 1 aromatic heterocycles. The Hall–Kier alpha value is -1.58. The fourth-order valence-corrected chi connectivity index (χ4v) is 3.29. The lowest BCUT2D eigenvalue weighted by atomic mass is 10.2. The zero-order valence-corrected chi connectivity index (χ0v) is 11.3. The minimum Gasteiger partial charge on any atom is -0.399 e. The SMILES string of the molecule is Cc1ccc2nc(-c3ccc(N)cc3Cl)sc2c1. The first kappa shape index (κ1) is 11.5. The lowest BCUT2D eigenvalue weighted by Gasteiger charge is -2.00. The van der Waals surface area contributed by atoms with Crippen LogP contribution >= 0.6 is 22.9 Å². The number of nitrogens with zero attached hydrogens (tertiary/aromatic N) is 1. The van der Waals surface area contributed by atoms with Crippen molar-refractivity contribution in [3.8, 4) is 10.6 Å². The third-order valence-corrected chi connectivity index (χ3v) is 4.13. The van der Waals surface area contributed by atoms with Gasteiger partial charge in [0.05, 0.1) is 15.2 Å². The zero-order chi connectivity index (χ0) is 12.7. The summed E-state index contributed by atoms with van der Waals surface area (Å²) < 4.78 is 1.18. The summed E-state index contributed by atoms with van der Waals surface area (Å²) in [5, 5.41) is 1.58. The summed E-state index contributed by atoms with van der Waals surface area (Å²) >= 11 is 7.86. The van der Waals surface area contributed by atoms with E-state index in [1.165, 1.54) is 10.3 Å². The average Bonchev–Trinajstić information content (AvgIpc) is 2.71. The summed E-state index contributed by atoms with van der Waals surface area (Å²) in [4.78, 5) is 4.61. The molecule has 0 bridgehead atoms. The highest BCUT2D eigenvalue weighted by atomic mass is 35.5. The predicted molar refractivity (Wildman–Crippen MR) is 79.2 cm³/mol. The predicted octanol–water partition coefficient (Wildman–Crippen LogP) is 4.51. The highest BCUT2D eigenvalue weighted by Gasteiger charge is 2.09. The largest absolute Gasteiger partial charge is 0.399 e. The highest BCUT2D eigenvalue weighted by molar-refractivity contribution is 7.21. The first-order chi connectivity index (χ1) is 8.63. The minimum atomic E-state index is 0.644. The van der Waals surface area contributed by atoms with Crippen LogP contribution < -0.4 is 5.73 Å². The van der Waals surface area contributed by atoms with Gasteiger partial charge in [0.15, 0.2) is 0 Å². The second-order valence-corrected chi connectivity index (χ2v) is 5.67. The quantitative estimate of drug-likeness (QED) is 0.663. The van der Waals surface area contributed by atoms with Crippen molar-refractivity contribution in [2.75, 3.05) is 5.73 Å². The molecule has 3 rings (SSSR count). The number of benzene rings is 2. The molecule has 0 atom stereocenters. The number of aryl methyl sites for hydroxylation is 1. The molecule has 0 unspecified atom stereocenters. The number of nitrogens with two attached hydrogens (primary N) is 1. The summed E-state index contributed by atoms with van der Waals surface area (Å²) in [7, 11) is 0. The summed E-state index contributed by atoms with van der Waals surface area (Å²) in [6.07, 6.45) is 0. The maximum Gasteiger partial charge on any atom is 0.126 e. The molecule has 2 nitrogen and oxygen atoms in total. The van der Waals surface area contributed by atoms with Gasteiger partial charge in [-0.3, -0.25) is 0 Å². The van der Waals surface area contributed by atoms with Crippen molar-refractivity contribution in [2.45, 2.75) is 6.92 Å². The molecule has 0 radical (unpaired) electrons. The van der Waals surface area contributed by atoms with E-state index in [0.29, 0.717) is 10.7 Å². The van der Waals surface area contributed by atoms with Gasteiger partial charge in [-0.1, -0.05) is 17.7 Å². The number of fused-ring (bicyclic) bond motifs is 1. The normalized spacial score (nSPS) is 11.0. The van der Waals surface area contributed by atoms with Crippen LogP contribution in [0.2, 0.25) is 5.02 Å². The Morgan fingerprint density at radius 2 is 2.00 bits per heavy atom. The van der Waals surface area contributed by atoms with Crippen LogP contribution in [-0.2, 0) is 0 Å². The third-order valence-electron chi connectivity index (χ3n) is 2.77. The Balaban J connectivity index is 2.19.